The number of sulfone groups is 1. The lowest BCUT2D eigenvalue weighted by molar-refractivity contribution is -0.121. The van der Waals surface area contributed by atoms with Gasteiger partial charge in [0, 0.05) is 25.2 Å². The Balaban J connectivity index is 1.87. The van der Waals surface area contributed by atoms with Crippen molar-refractivity contribution in [2.75, 3.05) is 11.5 Å². The van der Waals surface area contributed by atoms with Crippen LogP contribution in [0.2, 0.25) is 0 Å². The van der Waals surface area contributed by atoms with E-state index < -0.39 is 9.84 Å². The van der Waals surface area contributed by atoms with Crippen LogP contribution in [0.1, 0.15) is 29.8 Å². The summed E-state index contributed by atoms with van der Waals surface area (Å²) < 4.78 is 24.5. The normalized spacial score (nSPS) is 21.1. The third-order valence-corrected chi connectivity index (χ3v) is 5.63. The number of carbonyl (C=O) groups is 1. The first kappa shape index (κ1) is 15.0. The van der Waals surface area contributed by atoms with Gasteiger partial charge in [-0.1, -0.05) is 0 Å². The molecule has 0 radical (unpaired) electrons. The molecule has 1 aromatic heterocycles. The lowest BCUT2D eigenvalue weighted by atomic mass is 10.1. The molecule has 0 spiro atoms. The highest BCUT2D eigenvalue weighted by atomic mass is 32.2. The number of carbonyl (C=O) groups excluding carboxylic acids is 1. The van der Waals surface area contributed by atoms with E-state index >= 15 is 0 Å². The molecule has 7 heteroatoms. The first-order valence-electron chi connectivity index (χ1n) is 6.77. The van der Waals surface area contributed by atoms with E-state index in [1.54, 1.807) is 0 Å². The van der Waals surface area contributed by atoms with Gasteiger partial charge >= 0.3 is 0 Å². The van der Waals surface area contributed by atoms with Gasteiger partial charge in [-0.15, -0.1) is 0 Å². The Hall–Kier alpha value is -1.37. The third kappa shape index (κ3) is 3.39. The molecule has 1 aliphatic heterocycles. The van der Waals surface area contributed by atoms with Crippen LogP contribution in [-0.4, -0.2) is 41.7 Å². The van der Waals surface area contributed by atoms with Gasteiger partial charge in [0.1, 0.15) is 0 Å². The molecule has 1 aliphatic rings. The van der Waals surface area contributed by atoms with Crippen LogP contribution < -0.4 is 5.32 Å². The molecule has 112 valence electrons. The second kappa shape index (κ2) is 5.55. The van der Waals surface area contributed by atoms with Crippen LogP contribution in [0.5, 0.6) is 0 Å². The SMILES string of the molecule is Cc1nn(C)c(C)c1CCC(=O)NC1CCS(=O)(=O)C1. The number of amides is 1. The molecule has 0 aliphatic carbocycles. The van der Waals surface area contributed by atoms with Gasteiger partial charge in [0.25, 0.3) is 0 Å². The van der Waals surface area contributed by atoms with Gasteiger partial charge in [-0.05, 0) is 32.3 Å². The van der Waals surface area contributed by atoms with E-state index in [4.69, 9.17) is 0 Å². The molecule has 6 nitrogen and oxygen atoms in total. The fourth-order valence-electron chi connectivity index (χ4n) is 2.63. The van der Waals surface area contributed by atoms with Crippen molar-refractivity contribution in [2.45, 2.75) is 39.2 Å². The largest absolute Gasteiger partial charge is 0.352 e. The van der Waals surface area contributed by atoms with Gasteiger partial charge in [-0.3, -0.25) is 9.48 Å². The standard InChI is InChI=1S/C13H21N3O3S/c1-9-12(10(2)16(3)15-9)4-5-13(17)14-11-6-7-20(18,19)8-11/h11H,4-8H2,1-3H3,(H,14,17). The summed E-state index contributed by atoms with van der Waals surface area (Å²) in [4.78, 5) is 11.9. The molecule has 0 bridgehead atoms. The molecule has 2 heterocycles. The maximum Gasteiger partial charge on any atom is 0.220 e. The van der Waals surface area contributed by atoms with Crippen molar-refractivity contribution in [3.63, 3.8) is 0 Å². The Bertz CT molecular complexity index is 619. The van der Waals surface area contributed by atoms with Crippen molar-refractivity contribution < 1.29 is 13.2 Å². The van der Waals surface area contributed by atoms with E-state index in [9.17, 15) is 13.2 Å². The number of nitrogens with zero attached hydrogens (tertiary/aromatic N) is 2. The molecule has 1 saturated heterocycles. The smallest absolute Gasteiger partial charge is 0.220 e. The fraction of sp³-hybridized carbons (Fsp3) is 0.692. The summed E-state index contributed by atoms with van der Waals surface area (Å²) in [6, 6.07) is -0.219. The molecule has 1 aromatic rings. The summed E-state index contributed by atoms with van der Waals surface area (Å²) >= 11 is 0. The van der Waals surface area contributed by atoms with E-state index in [1.807, 2.05) is 25.6 Å². The molecular weight excluding hydrogens is 278 g/mol. The van der Waals surface area contributed by atoms with Crippen molar-refractivity contribution in [1.82, 2.24) is 15.1 Å². The first-order valence-corrected chi connectivity index (χ1v) is 8.59. The molecule has 20 heavy (non-hydrogen) atoms. The van der Waals surface area contributed by atoms with Gasteiger partial charge in [0.05, 0.1) is 17.2 Å². The Morgan fingerprint density at radius 3 is 2.65 bits per heavy atom. The molecule has 1 atom stereocenters. The zero-order chi connectivity index (χ0) is 14.9. The summed E-state index contributed by atoms with van der Waals surface area (Å²) in [6.45, 7) is 3.92. The fourth-order valence-corrected chi connectivity index (χ4v) is 4.30. The monoisotopic (exact) mass is 299 g/mol. The van der Waals surface area contributed by atoms with Crippen LogP contribution in [0, 0.1) is 13.8 Å². The van der Waals surface area contributed by atoms with Crippen LogP contribution in [0.15, 0.2) is 0 Å². The summed E-state index contributed by atoms with van der Waals surface area (Å²) in [7, 11) is -1.06. The summed E-state index contributed by atoms with van der Waals surface area (Å²) in [5.74, 6) is 0.164. The van der Waals surface area contributed by atoms with Gasteiger partial charge in [-0.2, -0.15) is 5.10 Å². The number of aryl methyl sites for hydroxylation is 2. The van der Waals surface area contributed by atoms with Crippen molar-refractivity contribution in [2.24, 2.45) is 7.05 Å². The summed E-state index contributed by atoms with van der Waals surface area (Å²) in [6.07, 6.45) is 1.53. The number of nitrogens with one attached hydrogen (secondary N) is 1. The van der Waals surface area contributed by atoms with E-state index in [-0.39, 0.29) is 23.5 Å². The number of hydrogen-bond donors (Lipinski definition) is 1. The second-order valence-electron chi connectivity index (χ2n) is 5.44. The topological polar surface area (TPSA) is 81.1 Å². The lowest BCUT2D eigenvalue weighted by Gasteiger charge is -2.10. The Kier molecular flexibility index (Phi) is 4.17. The van der Waals surface area contributed by atoms with Crippen molar-refractivity contribution in [3.05, 3.63) is 17.0 Å². The van der Waals surface area contributed by atoms with Crippen LogP contribution in [-0.2, 0) is 28.1 Å². The van der Waals surface area contributed by atoms with Crippen molar-refractivity contribution in [1.29, 1.82) is 0 Å². The van der Waals surface area contributed by atoms with Crippen LogP contribution in [0.25, 0.3) is 0 Å². The minimum atomic E-state index is -2.95. The molecular formula is C13H21N3O3S. The van der Waals surface area contributed by atoms with Gasteiger partial charge < -0.3 is 5.32 Å². The molecule has 0 saturated carbocycles. The lowest BCUT2D eigenvalue weighted by Crippen LogP contribution is -2.35. The van der Waals surface area contributed by atoms with Crippen LogP contribution in [0.4, 0.5) is 0 Å². The highest BCUT2D eigenvalue weighted by Gasteiger charge is 2.28. The van der Waals surface area contributed by atoms with Crippen LogP contribution in [0.3, 0.4) is 0 Å². The van der Waals surface area contributed by atoms with E-state index in [1.165, 1.54) is 0 Å². The molecule has 2 rings (SSSR count). The number of rotatable bonds is 4. The molecule has 1 N–H and O–H groups in total. The molecule has 0 aromatic carbocycles. The summed E-state index contributed by atoms with van der Waals surface area (Å²) in [5.41, 5.74) is 3.11. The predicted molar refractivity (Wildman–Crippen MR) is 76.2 cm³/mol. The third-order valence-electron chi connectivity index (χ3n) is 3.86. The highest BCUT2D eigenvalue weighted by Crippen LogP contribution is 2.15. The minimum absolute atomic E-state index is 0.0731. The van der Waals surface area contributed by atoms with E-state index in [2.05, 4.69) is 10.4 Å². The highest BCUT2D eigenvalue weighted by molar-refractivity contribution is 7.91. The first-order chi connectivity index (χ1) is 9.28. The average Bonchev–Trinajstić information content (AvgIpc) is 2.78. The molecule has 1 amide bonds. The maximum absolute atomic E-state index is 11.9. The van der Waals surface area contributed by atoms with Crippen molar-refractivity contribution in [3.8, 4) is 0 Å². The van der Waals surface area contributed by atoms with Gasteiger partial charge in [-0.25, -0.2) is 8.42 Å². The zero-order valence-electron chi connectivity index (χ0n) is 12.1. The maximum atomic E-state index is 11.9. The quantitative estimate of drug-likeness (QED) is 0.865. The molecule has 1 fully saturated rings. The van der Waals surface area contributed by atoms with Crippen LogP contribution >= 0.6 is 0 Å². The number of aromatic nitrogens is 2. The molecule has 1 unspecified atom stereocenters. The number of hydrogen-bond acceptors (Lipinski definition) is 4. The minimum Gasteiger partial charge on any atom is -0.352 e. The van der Waals surface area contributed by atoms with Crippen molar-refractivity contribution >= 4 is 15.7 Å². The predicted octanol–water partition coefficient (Wildman–Crippen LogP) is 0.273. The zero-order valence-corrected chi connectivity index (χ0v) is 13.0. The average molecular weight is 299 g/mol. The Morgan fingerprint density at radius 1 is 1.45 bits per heavy atom. The van der Waals surface area contributed by atoms with Gasteiger partial charge in [0.2, 0.25) is 5.91 Å². The van der Waals surface area contributed by atoms with Gasteiger partial charge in [0.15, 0.2) is 9.84 Å². The Morgan fingerprint density at radius 2 is 2.15 bits per heavy atom. The van der Waals surface area contributed by atoms with E-state index in [0.717, 1.165) is 17.0 Å². The van der Waals surface area contributed by atoms with E-state index in [0.29, 0.717) is 19.3 Å². The second-order valence-corrected chi connectivity index (χ2v) is 7.67. The Labute approximate surface area is 119 Å². The summed E-state index contributed by atoms with van der Waals surface area (Å²) in [5, 5.41) is 7.12.